The Labute approximate surface area is 117 Å². The van der Waals surface area contributed by atoms with Crippen LogP contribution in [-0.2, 0) is 14.4 Å². The van der Waals surface area contributed by atoms with Gasteiger partial charge in [-0.1, -0.05) is 20.3 Å². The fourth-order valence-electron chi connectivity index (χ4n) is 1.41. The van der Waals surface area contributed by atoms with Crippen molar-refractivity contribution < 1.29 is 24.6 Å². The van der Waals surface area contributed by atoms with E-state index in [1.54, 1.807) is 0 Å². The molecule has 0 aromatic heterocycles. The normalized spacial score (nSPS) is 16.6. The minimum atomic E-state index is -1.41. The summed E-state index contributed by atoms with van der Waals surface area (Å²) in [6, 6.07) is -2.14. The molecule has 8 heteroatoms. The van der Waals surface area contributed by atoms with Gasteiger partial charge in [-0.15, -0.1) is 0 Å². The summed E-state index contributed by atoms with van der Waals surface area (Å²) >= 11 is 0. The average Bonchev–Trinajstić information content (AvgIpc) is 2.39. The third kappa shape index (κ3) is 5.98. The lowest BCUT2D eigenvalue weighted by atomic mass is 9.99. The summed E-state index contributed by atoms with van der Waals surface area (Å²) < 4.78 is 0. The molecule has 4 atom stereocenters. The lowest BCUT2D eigenvalue weighted by Gasteiger charge is -2.19. The van der Waals surface area contributed by atoms with E-state index in [0.717, 1.165) is 6.42 Å². The van der Waals surface area contributed by atoms with Gasteiger partial charge in [-0.05, 0) is 12.8 Å². The summed E-state index contributed by atoms with van der Waals surface area (Å²) in [6.45, 7) is 4.57. The molecule has 0 saturated carbocycles. The maximum Gasteiger partial charge on any atom is 0.328 e. The first-order chi connectivity index (χ1) is 9.20. The number of aliphatic hydroxyl groups is 1. The minimum absolute atomic E-state index is 0.0257. The molecule has 4 unspecified atom stereocenters. The van der Waals surface area contributed by atoms with Crippen LogP contribution in [0.2, 0.25) is 0 Å². The maximum absolute atomic E-state index is 11.6. The number of nitrogens with one attached hydrogen (secondary N) is 2. The van der Waals surface area contributed by atoms with Gasteiger partial charge < -0.3 is 26.6 Å². The lowest BCUT2D eigenvalue weighted by molar-refractivity contribution is -0.144. The molecule has 0 spiro atoms. The molecule has 6 N–H and O–H groups in total. The molecule has 0 radical (unpaired) electrons. The number of nitrogens with two attached hydrogens (primary N) is 1. The Morgan fingerprint density at radius 1 is 1.25 bits per heavy atom. The van der Waals surface area contributed by atoms with Crippen LogP contribution >= 0.6 is 0 Å². The Morgan fingerprint density at radius 3 is 2.20 bits per heavy atom. The molecule has 0 aliphatic rings. The van der Waals surface area contributed by atoms with Gasteiger partial charge in [-0.2, -0.15) is 0 Å². The van der Waals surface area contributed by atoms with E-state index in [2.05, 4.69) is 10.6 Å². The highest BCUT2D eigenvalue weighted by Crippen LogP contribution is 2.04. The first kappa shape index (κ1) is 18.3. The molecule has 2 amide bonds. The third-order valence-electron chi connectivity index (χ3n) is 3.05. The zero-order chi connectivity index (χ0) is 15.9. The van der Waals surface area contributed by atoms with E-state index in [4.69, 9.17) is 10.8 Å². The van der Waals surface area contributed by atoms with Crippen molar-refractivity contribution in [1.82, 2.24) is 10.6 Å². The predicted octanol–water partition coefficient (Wildman–Crippen LogP) is -1.57. The van der Waals surface area contributed by atoms with Crippen molar-refractivity contribution in [3.63, 3.8) is 0 Å². The van der Waals surface area contributed by atoms with Crippen LogP contribution in [0.5, 0.6) is 0 Å². The number of hydrogen-bond acceptors (Lipinski definition) is 5. The van der Waals surface area contributed by atoms with E-state index < -0.39 is 36.0 Å². The van der Waals surface area contributed by atoms with Gasteiger partial charge in [0.1, 0.15) is 0 Å². The highest BCUT2D eigenvalue weighted by molar-refractivity contribution is 5.89. The van der Waals surface area contributed by atoms with Crippen molar-refractivity contribution in [2.24, 2.45) is 11.7 Å². The van der Waals surface area contributed by atoms with Crippen LogP contribution < -0.4 is 16.4 Å². The van der Waals surface area contributed by atoms with Crippen LogP contribution in [0.3, 0.4) is 0 Å². The molecule has 0 aromatic carbocycles. The lowest BCUT2D eigenvalue weighted by Crippen LogP contribution is -2.52. The molecule has 0 saturated heterocycles. The van der Waals surface area contributed by atoms with Crippen molar-refractivity contribution in [2.45, 2.75) is 45.4 Å². The fraction of sp³-hybridized carbons (Fsp3) is 0.750. The number of carbonyl (C=O) groups excluding carboxylic acids is 2. The molecular formula is C12H23N3O5. The number of carbonyl (C=O) groups is 3. The van der Waals surface area contributed by atoms with Gasteiger partial charge >= 0.3 is 5.97 Å². The highest BCUT2D eigenvalue weighted by atomic mass is 16.4. The largest absolute Gasteiger partial charge is 0.480 e. The first-order valence-corrected chi connectivity index (χ1v) is 6.44. The Balaban J connectivity index is 4.29. The van der Waals surface area contributed by atoms with Gasteiger partial charge in [0, 0.05) is 0 Å². The summed E-state index contributed by atoms with van der Waals surface area (Å²) in [4.78, 5) is 33.9. The molecular weight excluding hydrogens is 266 g/mol. The Bertz CT molecular complexity index is 359. The van der Waals surface area contributed by atoms with Gasteiger partial charge in [-0.25, -0.2) is 4.79 Å². The van der Waals surface area contributed by atoms with E-state index >= 15 is 0 Å². The van der Waals surface area contributed by atoms with Crippen molar-refractivity contribution in [1.29, 1.82) is 0 Å². The van der Waals surface area contributed by atoms with E-state index in [1.807, 2.05) is 13.8 Å². The monoisotopic (exact) mass is 289 g/mol. The van der Waals surface area contributed by atoms with Gasteiger partial charge in [0.15, 0.2) is 6.04 Å². The van der Waals surface area contributed by atoms with Crippen LogP contribution in [0.15, 0.2) is 0 Å². The Kier molecular flexibility index (Phi) is 7.78. The first-order valence-electron chi connectivity index (χ1n) is 6.44. The van der Waals surface area contributed by atoms with Crippen molar-refractivity contribution >= 4 is 17.8 Å². The molecule has 0 aliphatic carbocycles. The van der Waals surface area contributed by atoms with Gasteiger partial charge in [0.25, 0.3) is 0 Å². The number of aliphatic hydroxyl groups excluding tert-OH is 1. The second kappa shape index (κ2) is 8.49. The van der Waals surface area contributed by atoms with Crippen LogP contribution in [0, 0.1) is 5.92 Å². The van der Waals surface area contributed by atoms with E-state index in [-0.39, 0.29) is 12.5 Å². The molecule has 0 aliphatic heterocycles. The Morgan fingerprint density at radius 2 is 1.80 bits per heavy atom. The van der Waals surface area contributed by atoms with E-state index in [0.29, 0.717) is 0 Å². The number of carboxylic acid groups (broad SMARTS) is 1. The maximum atomic E-state index is 11.6. The third-order valence-corrected chi connectivity index (χ3v) is 3.05. The molecule has 0 bridgehead atoms. The molecule has 0 rings (SSSR count). The SMILES string of the molecule is CCC(C)C(N)C(=O)NCC(=O)NC(C(=O)O)C(C)O. The molecule has 0 heterocycles. The second-order valence-electron chi connectivity index (χ2n) is 4.75. The second-order valence-corrected chi connectivity index (χ2v) is 4.75. The van der Waals surface area contributed by atoms with Gasteiger partial charge in [0.2, 0.25) is 11.8 Å². The Hall–Kier alpha value is -1.67. The van der Waals surface area contributed by atoms with Crippen LogP contribution in [0.25, 0.3) is 0 Å². The summed E-state index contributed by atoms with van der Waals surface area (Å²) in [6.07, 6.45) is -0.515. The van der Waals surface area contributed by atoms with Crippen LogP contribution in [0.1, 0.15) is 27.2 Å². The predicted molar refractivity (Wildman–Crippen MR) is 71.7 cm³/mol. The van der Waals surface area contributed by atoms with Crippen molar-refractivity contribution in [3.05, 3.63) is 0 Å². The smallest absolute Gasteiger partial charge is 0.328 e. The summed E-state index contributed by atoms with van der Waals surface area (Å²) in [5.74, 6) is -2.56. The van der Waals surface area contributed by atoms with E-state index in [9.17, 15) is 19.5 Å². The number of rotatable bonds is 8. The van der Waals surface area contributed by atoms with Crippen molar-refractivity contribution in [2.75, 3.05) is 6.54 Å². The standard InChI is InChI=1S/C12H23N3O5/c1-4-6(2)9(13)11(18)14-5-8(17)15-10(7(3)16)12(19)20/h6-7,9-10,16H,4-5,13H2,1-3H3,(H,14,18)(H,15,17)(H,19,20). The average molecular weight is 289 g/mol. The van der Waals surface area contributed by atoms with E-state index in [1.165, 1.54) is 6.92 Å². The number of aliphatic carboxylic acids is 1. The number of amides is 2. The number of hydrogen-bond donors (Lipinski definition) is 5. The summed E-state index contributed by atoms with van der Waals surface area (Å²) in [5, 5.41) is 22.4. The fourth-order valence-corrected chi connectivity index (χ4v) is 1.41. The van der Waals surface area contributed by atoms with Crippen LogP contribution in [0.4, 0.5) is 0 Å². The molecule has 0 fully saturated rings. The summed E-state index contributed by atoms with van der Waals surface area (Å²) in [7, 11) is 0. The number of carboxylic acids is 1. The quantitative estimate of drug-likeness (QED) is 0.365. The highest BCUT2D eigenvalue weighted by Gasteiger charge is 2.25. The molecule has 116 valence electrons. The van der Waals surface area contributed by atoms with Crippen molar-refractivity contribution in [3.8, 4) is 0 Å². The summed E-state index contributed by atoms with van der Waals surface area (Å²) in [5.41, 5.74) is 5.68. The molecule has 0 aromatic rings. The molecule has 20 heavy (non-hydrogen) atoms. The topological polar surface area (TPSA) is 142 Å². The zero-order valence-corrected chi connectivity index (χ0v) is 11.9. The van der Waals surface area contributed by atoms with Gasteiger partial charge in [0.05, 0.1) is 18.7 Å². The molecule has 8 nitrogen and oxygen atoms in total. The van der Waals surface area contributed by atoms with Gasteiger partial charge in [-0.3, -0.25) is 9.59 Å². The van der Waals surface area contributed by atoms with Crippen LogP contribution in [-0.4, -0.2) is 52.7 Å². The minimum Gasteiger partial charge on any atom is -0.480 e. The zero-order valence-electron chi connectivity index (χ0n) is 11.9.